The molecule has 0 aromatic heterocycles. The van der Waals surface area contributed by atoms with E-state index in [0.717, 1.165) is 12.1 Å². The second-order valence-electron chi connectivity index (χ2n) is 4.75. The fourth-order valence-corrected chi connectivity index (χ4v) is 2.48. The molecule has 102 valence electrons. The quantitative estimate of drug-likeness (QED) is 0.623. The molecule has 1 aliphatic rings. The number of hydrogen-bond acceptors (Lipinski definition) is 3. The largest absolute Gasteiger partial charge is 0.465 e. The van der Waals surface area contributed by atoms with E-state index in [1.165, 1.54) is 6.92 Å². The number of carbonyl (C=O) groups excluding carboxylic acids is 2. The lowest BCUT2D eigenvalue weighted by atomic mass is 9.81. The van der Waals surface area contributed by atoms with E-state index in [-0.39, 0.29) is 25.2 Å². The first kappa shape index (κ1) is 13.6. The van der Waals surface area contributed by atoms with Crippen molar-refractivity contribution < 1.29 is 23.1 Å². The summed E-state index contributed by atoms with van der Waals surface area (Å²) in [7, 11) is 0. The standard InChI is InChI=1S/C14H14F2O3/c1-3-19-13(18)14(8(2)17)6-9-4-11(15)12(16)5-10(9)7-14/h4-5H,3,6-7H2,1-2H3. The van der Waals surface area contributed by atoms with Crippen LogP contribution in [-0.2, 0) is 27.2 Å². The van der Waals surface area contributed by atoms with E-state index < -0.39 is 23.0 Å². The third-order valence-corrected chi connectivity index (χ3v) is 3.57. The Morgan fingerprint density at radius 1 is 1.21 bits per heavy atom. The maximum atomic E-state index is 13.2. The Morgan fingerprint density at radius 2 is 1.68 bits per heavy atom. The molecule has 1 aromatic carbocycles. The lowest BCUT2D eigenvalue weighted by molar-refractivity contribution is -0.159. The van der Waals surface area contributed by atoms with Crippen LogP contribution in [-0.4, -0.2) is 18.4 Å². The van der Waals surface area contributed by atoms with Crippen molar-refractivity contribution in [3.8, 4) is 0 Å². The molecule has 0 aliphatic heterocycles. The van der Waals surface area contributed by atoms with Crippen LogP contribution >= 0.6 is 0 Å². The topological polar surface area (TPSA) is 43.4 Å². The van der Waals surface area contributed by atoms with Crippen molar-refractivity contribution in [1.82, 2.24) is 0 Å². The van der Waals surface area contributed by atoms with E-state index in [9.17, 15) is 18.4 Å². The molecule has 0 radical (unpaired) electrons. The van der Waals surface area contributed by atoms with Gasteiger partial charge in [0.15, 0.2) is 11.6 Å². The highest BCUT2D eigenvalue weighted by atomic mass is 19.2. The lowest BCUT2D eigenvalue weighted by Crippen LogP contribution is -2.40. The van der Waals surface area contributed by atoms with Crippen LogP contribution in [0.4, 0.5) is 8.78 Å². The zero-order chi connectivity index (χ0) is 14.2. The number of Topliss-reactive ketones (excluding diaryl/α,β-unsaturated/α-hetero) is 1. The fraction of sp³-hybridized carbons (Fsp3) is 0.429. The summed E-state index contributed by atoms with van der Waals surface area (Å²) in [5.74, 6) is -2.91. The summed E-state index contributed by atoms with van der Waals surface area (Å²) in [6.07, 6.45) is 0.126. The molecule has 0 amide bonds. The molecule has 0 atom stereocenters. The molecule has 2 rings (SSSR count). The first-order valence-corrected chi connectivity index (χ1v) is 6.06. The van der Waals surface area contributed by atoms with Crippen molar-refractivity contribution in [2.75, 3.05) is 6.61 Å². The highest BCUT2D eigenvalue weighted by Crippen LogP contribution is 2.39. The minimum atomic E-state index is -1.33. The molecular formula is C14H14F2O3. The summed E-state index contributed by atoms with van der Waals surface area (Å²) >= 11 is 0. The summed E-state index contributed by atoms with van der Waals surface area (Å²) in [5.41, 5.74) is -0.359. The number of halogens is 2. The number of rotatable bonds is 3. The van der Waals surface area contributed by atoms with Crippen LogP contribution in [0.1, 0.15) is 25.0 Å². The highest BCUT2D eigenvalue weighted by molar-refractivity contribution is 6.04. The van der Waals surface area contributed by atoms with Crippen LogP contribution < -0.4 is 0 Å². The van der Waals surface area contributed by atoms with Crippen molar-refractivity contribution in [3.05, 3.63) is 34.9 Å². The van der Waals surface area contributed by atoms with Crippen LogP contribution in [0.2, 0.25) is 0 Å². The fourth-order valence-electron chi connectivity index (χ4n) is 2.48. The summed E-state index contributed by atoms with van der Waals surface area (Å²) in [6, 6.07) is 2.10. The van der Waals surface area contributed by atoms with Gasteiger partial charge in [0.1, 0.15) is 11.2 Å². The van der Waals surface area contributed by atoms with Crippen LogP contribution in [0.15, 0.2) is 12.1 Å². The maximum Gasteiger partial charge on any atom is 0.320 e. The first-order chi connectivity index (χ1) is 8.90. The van der Waals surface area contributed by atoms with E-state index in [4.69, 9.17) is 4.74 Å². The molecule has 0 spiro atoms. The minimum Gasteiger partial charge on any atom is -0.465 e. The molecule has 0 saturated heterocycles. The Kier molecular flexibility index (Phi) is 3.39. The molecule has 19 heavy (non-hydrogen) atoms. The molecule has 1 aliphatic carbocycles. The molecule has 0 saturated carbocycles. The van der Waals surface area contributed by atoms with E-state index in [0.29, 0.717) is 11.1 Å². The number of benzene rings is 1. The second-order valence-corrected chi connectivity index (χ2v) is 4.75. The summed E-state index contributed by atoms with van der Waals surface area (Å²) in [5, 5.41) is 0. The Hall–Kier alpha value is -1.78. The average molecular weight is 268 g/mol. The molecule has 0 unspecified atom stereocenters. The molecule has 5 heteroatoms. The predicted molar refractivity (Wildman–Crippen MR) is 63.5 cm³/mol. The van der Waals surface area contributed by atoms with Crippen LogP contribution in [0.5, 0.6) is 0 Å². The number of ether oxygens (including phenoxy) is 1. The highest BCUT2D eigenvalue weighted by Gasteiger charge is 2.49. The number of esters is 1. The normalized spacial score (nSPS) is 16.0. The van der Waals surface area contributed by atoms with Crippen molar-refractivity contribution in [2.45, 2.75) is 26.7 Å². The summed E-state index contributed by atoms with van der Waals surface area (Å²) in [6.45, 7) is 3.11. The molecule has 0 bridgehead atoms. The van der Waals surface area contributed by atoms with Crippen LogP contribution in [0.3, 0.4) is 0 Å². The van der Waals surface area contributed by atoms with E-state index >= 15 is 0 Å². The Morgan fingerprint density at radius 3 is 2.05 bits per heavy atom. The van der Waals surface area contributed by atoms with Gasteiger partial charge in [-0.3, -0.25) is 9.59 Å². The minimum absolute atomic E-state index is 0.0632. The molecule has 1 aromatic rings. The van der Waals surface area contributed by atoms with E-state index in [1.54, 1.807) is 6.92 Å². The van der Waals surface area contributed by atoms with Gasteiger partial charge in [-0.2, -0.15) is 0 Å². The van der Waals surface area contributed by atoms with Crippen molar-refractivity contribution in [2.24, 2.45) is 5.41 Å². The third kappa shape index (κ3) is 2.13. The van der Waals surface area contributed by atoms with E-state index in [2.05, 4.69) is 0 Å². The zero-order valence-electron chi connectivity index (χ0n) is 10.8. The Balaban J connectivity index is 2.42. The van der Waals surface area contributed by atoms with Crippen molar-refractivity contribution in [3.63, 3.8) is 0 Å². The number of hydrogen-bond donors (Lipinski definition) is 0. The van der Waals surface area contributed by atoms with Crippen LogP contribution in [0, 0.1) is 17.0 Å². The number of ketones is 1. The molecule has 0 fully saturated rings. The maximum absolute atomic E-state index is 13.2. The van der Waals surface area contributed by atoms with E-state index in [1.807, 2.05) is 0 Å². The summed E-state index contributed by atoms with van der Waals surface area (Å²) < 4.78 is 31.3. The third-order valence-electron chi connectivity index (χ3n) is 3.57. The van der Waals surface area contributed by atoms with Crippen molar-refractivity contribution in [1.29, 1.82) is 0 Å². The van der Waals surface area contributed by atoms with Gasteiger partial charge in [0.2, 0.25) is 0 Å². The van der Waals surface area contributed by atoms with Gasteiger partial charge < -0.3 is 4.74 Å². The monoisotopic (exact) mass is 268 g/mol. The Bertz CT molecular complexity index is 521. The van der Waals surface area contributed by atoms with Crippen LogP contribution in [0.25, 0.3) is 0 Å². The molecule has 3 nitrogen and oxygen atoms in total. The van der Waals surface area contributed by atoms with Crippen molar-refractivity contribution >= 4 is 11.8 Å². The zero-order valence-corrected chi connectivity index (χ0v) is 10.8. The molecule has 0 N–H and O–H groups in total. The summed E-state index contributed by atoms with van der Waals surface area (Å²) in [4.78, 5) is 23.9. The second kappa shape index (κ2) is 4.72. The Labute approximate surface area is 109 Å². The van der Waals surface area contributed by atoms with Gasteiger partial charge in [-0.1, -0.05) is 0 Å². The van der Waals surface area contributed by atoms with Gasteiger partial charge in [0, 0.05) is 0 Å². The number of fused-ring (bicyclic) bond motifs is 1. The van der Waals surface area contributed by atoms with Gasteiger partial charge in [-0.15, -0.1) is 0 Å². The smallest absolute Gasteiger partial charge is 0.320 e. The average Bonchev–Trinajstić information content (AvgIpc) is 2.70. The van der Waals surface area contributed by atoms with Gasteiger partial charge in [-0.05, 0) is 49.9 Å². The SMILES string of the molecule is CCOC(=O)C1(C(C)=O)Cc2cc(F)c(F)cc2C1. The number of carbonyl (C=O) groups is 2. The molecule has 0 heterocycles. The predicted octanol–water partition coefficient (Wildman–Crippen LogP) is 2.20. The van der Waals surface area contributed by atoms with Gasteiger partial charge in [0.25, 0.3) is 0 Å². The van der Waals surface area contributed by atoms with Gasteiger partial charge in [-0.25, -0.2) is 8.78 Å². The lowest BCUT2D eigenvalue weighted by Gasteiger charge is -2.23. The van der Waals surface area contributed by atoms with Gasteiger partial charge >= 0.3 is 5.97 Å². The molecular weight excluding hydrogens is 254 g/mol. The van der Waals surface area contributed by atoms with Gasteiger partial charge in [0.05, 0.1) is 6.61 Å². The first-order valence-electron chi connectivity index (χ1n) is 6.06.